The van der Waals surface area contributed by atoms with Crippen LogP contribution in [-0.2, 0) is 22.1 Å². The Morgan fingerprint density at radius 2 is 1.18 bits per heavy atom. The lowest BCUT2D eigenvalue weighted by atomic mass is 9.93. The van der Waals surface area contributed by atoms with Crippen LogP contribution in [0.5, 0.6) is 0 Å². The van der Waals surface area contributed by atoms with Gasteiger partial charge in [-0.3, -0.25) is 0 Å². The van der Waals surface area contributed by atoms with Gasteiger partial charge in [-0.25, -0.2) is 22.3 Å². The van der Waals surface area contributed by atoms with Crippen LogP contribution < -0.4 is 5.14 Å². The van der Waals surface area contributed by atoms with E-state index in [-0.39, 0.29) is 16.0 Å². The molecule has 4 rings (SSSR count). The summed E-state index contributed by atoms with van der Waals surface area (Å²) in [5, 5.41) is 7.33. The topological polar surface area (TPSA) is 80.4 Å². The lowest BCUT2D eigenvalue weighted by Crippen LogP contribution is -2.09. The molecule has 0 bridgehead atoms. The Morgan fingerprint density at radius 3 is 1.64 bits per heavy atom. The quantitative estimate of drug-likeness (QED) is 0.482. The van der Waals surface area contributed by atoms with Gasteiger partial charge in [0, 0.05) is 11.1 Å². The molecule has 0 aliphatic rings. The van der Waals surface area contributed by atoms with Crippen LogP contribution in [0.3, 0.4) is 0 Å². The Bertz CT molecular complexity index is 1210. The fraction of sp³-hybridized carbons (Fsp3) is 0. The van der Waals surface area contributed by atoms with E-state index >= 15 is 0 Å². The first-order chi connectivity index (χ1) is 13.4. The van der Waals surface area contributed by atoms with E-state index in [2.05, 4.69) is 0 Å². The van der Waals surface area contributed by atoms with E-state index in [1.165, 1.54) is 6.07 Å². The van der Waals surface area contributed by atoms with E-state index in [1.54, 1.807) is 48.5 Å². The Balaban J connectivity index is 2.34. The van der Waals surface area contributed by atoms with Crippen molar-refractivity contribution in [1.82, 2.24) is 0 Å². The molecule has 0 aromatic heterocycles. The van der Waals surface area contributed by atoms with E-state index in [0.29, 0.717) is 21.5 Å². The second kappa shape index (κ2) is 7.14. The summed E-state index contributed by atoms with van der Waals surface area (Å²) >= 11 is -2.72. The molecule has 0 spiro atoms. The van der Waals surface area contributed by atoms with Crippen LogP contribution in [-0.4, -0.2) is 13.0 Å². The third-order valence-corrected chi connectivity index (χ3v) is 6.09. The van der Waals surface area contributed by atoms with E-state index in [9.17, 15) is 21.8 Å². The monoisotopic (exact) mass is 417 g/mol. The molecule has 3 N–H and O–H groups in total. The smallest absolute Gasteiger partial charge is 0.190 e. The van der Waals surface area contributed by atoms with Gasteiger partial charge in [-0.1, -0.05) is 48.5 Å². The first kappa shape index (κ1) is 18.8. The second-order valence-corrected chi connectivity index (χ2v) is 8.02. The molecular weight excluding hydrogens is 404 g/mol. The minimum Gasteiger partial charge on any atom is -0.302 e. The average Bonchev–Trinajstić information content (AvgIpc) is 2.65. The van der Waals surface area contributed by atoms with Crippen LogP contribution >= 0.6 is 0 Å². The number of rotatable bonds is 3. The molecule has 0 amide bonds. The highest BCUT2D eigenvalue weighted by Gasteiger charge is 2.26. The minimum atomic E-state index is -2.72. The molecule has 2 unspecified atom stereocenters. The van der Waals surface area contributed by atoms with Gasteiger partial charge in [0.05, 0.1) is 4.90 Å². The van der Waals surface area contributed by atoms with Crippen molar-refractivity contribution in [3.8, 4) is 11.1 Å². The number of hydrogen-bond donors (Lipinski definition) is 2. The Labute approximate surface area is 163 Å². The highest BCUT2D eigenvalue weighted by molar-refractivity contribution is 7.83. The number of nitrogens with two attached hydrogens (primary N) is 1. The van der Waals surface area contributed by atoms with Crippen molar-refractivity contribution in [2.45, 2.75) is 9.79 Å². The lowest BCUT2D eigenvalue weighted by Gasteiger charge is -2.18. The molecular formula is C20H13F2NO3S2. The van der Waals surface area contributed by atoms with E-state index < -0.39 is 38.6 Å². The first-order valence-corrected chi connectivity index (χ1v) is 10.4. The number of halogens is 2. The average molecular weight is 417 g/mol. The molecule has 0 radical (unpaired) electrons. The first-order valence-electron chi connectivity index (χ1n) is 8.10. The van der Waals surface area contributed by atoms with E-state index in [1.807, 2.05) is 0 Å². The molecule has 2 atom stereocenters. The Morgan fingerprint density at radius 1 is 0.750 bits per heavy atom. The van der Waals surface area contributed by atoms with Crippen molar-refractivity contribution >= 4 is 43.6 Å². The fourth-order valence-electron chi connectivity index (χ4n) is 3.45. The SMILES string of the molecule is NS(=O)c1c(F)cc2ccccc2c1-c1c(S(=O)O)c(F)cc2ccccc12. The standard InChI is InChI=1S/C20H13F2NO3S2/c21-15-9-11-5-1-3-7-13(11)17(19(15)27(23)24)18-14-8-4-2-6-12(14)10-16(22)20(18)28(25)26/h1-10H,23H2,(H,25,26). The van der Waals surface area contributed by atoms with E-state index in [0.717, 1.165) is 6.07 Å². The normalized spacial score (nSPS) is 13.7. The summed E-state index contributed by atoms with van der Waals surface area (Å²) < 4.78 is 63.7. The van der Waals surface area contributed by atoms with Gasteiger partial charge in [0.25, 0.3) is 0 Å². The van der Waals surface area contributed by atoms with Gasteiger partial charge in [-0.05, 0) is 33.7 Å². The van der Waals surface area contributed by atoms with Crippen molar-refractivity contribution in [2.75, 3.05) is 0 Å². The van der Waals surface area contributed by atoms with Crippen LogP contribution in [0.25, 0.3) is 32.7 Å². The summed E-state index contributed by atoms with van der Waals surface area (Å²) in [6, 6.07) is 15.6. The molecule has 4 nitrogen and oxygen atoms in total. The van der Waals surface area contributed by atoms with Gasteiger partial charge in [-0.2, -0.15) is 0 Å². The summed E-state index contributed by atoms with van der Waals surface area (Å²) in [5.74, 6) is -1.76. The lowest BCUT2D eigenvalue weighted by molar-refractivity contribution is 0.545. The van der Waals surface area contributed by atoms with Gasteiger partial charge in [-0.15, -0.1) is 0 Å². The summed E-state index contributed by atoms with van der Waals surface area (Å²) in [6.07, 6.45) is 0. The van der Waals surface area contributed by atoms with Gasteiger partial charge in [0.2, 0.25) is 0 Å². The zero-order chi connectivity index (χ0) is 20.0. The molecule has 0 fully saturated rings. The predicted molar refractivity (Wildman–Crippen MR) is 106 cm³/mol. The minimum absolute atomic E-state index is 0.000864. The Hall–Kier alpha value is -2.52. The summed E-state index contributed by atoms with van der Waals surface area (Å²) in [4.78, 5) is -0.859. The summed E-state index contributed by atoms with van der Waals surface area (Å²) in [5.41, 5.74) is 0.0467. The van der Waals surface area contributed by atoms with Gasteiger partial charge >= 0.3 is 0 Å². The van der Waals surface area contributed by atoms with Crippen molar-refractivity contribution in [2.24, 2.45) is 5.14 Å². The largest absolute Gasteiger partial charge is 0.302 e. The fourth-order valence-corrected chi connectivity index (χ4v) is 4.73. The van der Waals surface area contributed by atoms with Crippen molar-refractivity contribution in [3.05, 3.63) is 72.3 Å². The van der Waals surface area contributed by atoms with Crippen molar-refractivity contribution < 1.29 is 21.8 Å². The highest BCUT2D eigenvalue weighted by Crippen LogP contribution is 2.42. The summed E-state index contributed by atoms with van der Waals surface area (Å²) in [6.45, 7) is 0. The van der Waals surface area contributed by atoms with Gasteiger partial charge in [0.1, 0.15) is 27.5 Å². The molecule has 4 aromatic carbocycles. The molecule has 0 aliphatic heterocycles. The zero-order valence-corrected chi connectivity index (χ0v) is 15.8. The molecule has 0 heterocycles. The van der Waals surface area contributed by atoms with Crippen LogP contribution in [0.2, 0.25) is 0 Å². The summed E-state index contributed by atoms with van der Waals surface area (Å²) in [7, 11) is -2.26. The zero-order valence-electron chi connectivity index (χ0n) is 14.2. The van der Waals surface area contributed by atoms with Crippen molar-refractivity contribution in [1.29, 1.82) is 0 Å². The van der Waals surface area contributed by atoms with Crippen LogP contribution in [0.4, 0.5) is 8.78 Å². The van der Waals surface area contributed by atoms with E-state index in [4.69, 9.17) is 5.14 Å². The maximum atomic E-state index is 14.8. The van der Waals surface area contributed by atoms with Crippen LogP contribution in [0.15, 0.2) is 70.5 Å². The molecule has 0 saturated carbocycles. The van der Waals surface area contributed by atoms with Gasteiger partial charge in [0.15, 0.2) is 11.1 Å². The number of hydrogen-bond acceptors (Lipinski definition) is 2. The molecule has 4 aromatic rings. The predicted octanol–water partition coefficient (Wildman–Crippen LogP) is 4.50. The number of fused-ring (bicyclic) bond motifs is 2. The third-order valence-electron chi connectivity index (χ3n) is 4.54. The highest BCUT2D eigenvalue weighted by atomic mass is 32.2. The van der Waals surface area contributed by atoms with Crippen LogP contribution in [0.1, 0.15) is 0 Å². The maximum Gasteiger partial charge on any atom is 0.190 e. The molecule has 0 aliphatic carbocycles. The molecule has 8 heteroatoms. The number of benzene rings is 4. The maximum absolute atomic E-state index is 14.8. The van der Waals surface area contributed by atoms with Crippen molar-refractivity contribution in [3.63, 3.8) is 0 Å². The molecule has 0 saturated heterocycles. The van der Waals surface area contributed by atoms with Gasteiger partial charge < -0.3 is 4.55 Å². The third kappa shape index (κ3) is 2.94. The Kier molecular flexibility index (Phi) is 4.80. The van der Waals surface area contributed by atoms with Crippen LogP contribution in [0, 0.1) is 11.6 Å². The molecule has 28 heavy (non-hydrogen) atoms. The second-order valence-electron chi connectivity index (χ2n) is 6.11. The molecule has 142 valence electrons.